The summed E-state index contributed by atoms with van der Waals surface area (Å²) >= 11 is 0. The molecular formula is C18H16N2O3. The highest BCUT2D eigenvalue weighted by Gasteiger charge is 2.28. The highest BCUT2D eigenvalue weighted by Crippen LogP contribution is 2.40. The van der Waals surface area contributed by atoms with Crippen molar-refractivity contribution in [2.45, 2.75) is 18.8 Å². The number of nitrogens with zero attached hydrogens (tertiary/aromatic N) is 2. The molecular weight excluding hydrogens is 292 g/mol. The number of amides is 1. The highest BCUT2D eigenvalue weighted by atomic mass is 16.4. The fourth-order valence-corrected chi connectivity index (χ4v) is 2.60. The lowest BCUT2D eigenvalue weighted by molar-refractivity contribution is -0.137. The van der Waals surface area contributed by atoms with E-state index in [1.165, 1.54) is 4.90 Å². The summed E-state index contributed by atoms with van der Waals surface area (Å²) in [6.45, 7) is -0.459. The lowest BCUT2D eigenvalue weighted by Gasteiger charge is -2.19. The van der Waals surface area contributed by atoms with Crippen molar-refractivity contribution < 1.29 is 14.7 Å². The third-order valence-corrected chi connectivity index (χ3v) is 3.86. The van der Waals surface area contributed by atoms with E-state index in [2.05, 4.69) is 10.9 Å². The molecule has 1 aromatic heterocycles. The zero-order valence-corrected chi connectivity index (χ0v) is 12.5. The summed E-state index contributed by atoms with van der Waals surface area (Å²) < 4.78 is 0. The number of hydrogen-bond acceptors (Lipinski definition) is 3. The Balaban J connectivity index is 2.07. The number of pyridine rings is 1. The molecule has 0 radical (unpaired) electrons. The molecule has 0 spiro atoms. The molecule has 0 saturated heterocycles. The smallest absolute Gasteiger partial charge is 0.323 e. The summed E-state index contributed by atoms with van der Waals surface area (Å²) in [6, 6.07) is 9.17. The predicted octanol–water partition coefficient (Wildman–Crippen LogP) is 2.27. The number of rotatable bonds is 5. The molecule has 1 aliphatic rings. The van der Waals surface area contributed by atoms with Gasteiger partial charge < -0.3 is 10.0 Å². The largest absolute Gasteiger partial charge is 0.480 e. The molecule has 5 nitrogen and oxygen atoms in total. The molecule has 1 saturated carbocycles. The lowest BCUT2D eigenvalue weighted by atomic mass is 10.0. The minimum atomic E-state index is -1.09. The number of carbonyl (C=O) groups excluding carboxylic acids is 1. The molecule has 3 rings (SSSR count). The van der Waals surface area contributed by atoms with Gasteiger partial charge >= 0.3 is 5.97 Å². The van der Waals surface area contributed by atoms with Crippen LogP contribution in [-0.2, 0) is 4.79 Å². The average molecular weight is 308 g/mol. The Morgan fingerprint density at radius 1 is 1.35 bits per heavy atom. The van der Waals surface area contributed by atoms with Gasteiger partial charge in [-0.05, 0) is 25.0 Å². The molecule has 0 atom stereocenters. The maximum absolute atomic E-state index is 12.8. The van der Waals surface area contributed by atoms with Crippen LogP contribution in [0.15, 0.2) is 30.3 Å². The van der Waals surface area contributed by atoms with E-state index in [9.17, 15) is 9.59 Å². The quantitative estimate of drug-likeness (QED) is 0.860. The number of aromatic nitrogens is 1. The number of fused-ring (bicyclic) bond motifs is 1. The Hall–Kier alpha value is -2.87. The molecule has 1 amide bonds. The van der Waals surface area contributed by atoms with Crippen molar-refractivity contribution >= 4 is 22.8 Å². The van der Waals surface area contributed by atoms with Crippen molar-refractivity contribution in [1.82, 2.24) is 9.88 Å². The van der Waals surface area contributed by atoms with Gasteiger partial charge in [0.05, 0.1) is 17.6 Å². The zero-order valence-electron chi connectivity index (χ0n) is 12.5. The van der Waals surface area contributed by atoms with Crippen LogP contribution >= 0.6 is 0 Å². The number of para-hydroxylation sites is 1. The van der Waals surface area contributed by atoms with Crippen molar-refractivity contribution in [1.29, 1.82) is 0 Å². The maximum Gasteiger partial charge on any atom is 0.323 e. The van der Waals surface area contributed by atoms with Gasteiger partial charge in [0, 0.05) is 17.0 Å². The molecule has 0 unspecified atom stereocenters. The van der Waals surface area contributed by atoms with Crippen LogP contribution in [0.5, 0.6) is 0 Å². The average Bonchev–Trinajstić information content (AvgIpc) is 3.37. The van der Waals surface area contributed by atoms with Crippen molar-refractivity contribution in [2.24, 2.45) is 0 Å². The minimum absolute atomic E-state index is 0.0411. The lowest BCUT2D eigenvalue weighted by Crippen LogP contribution is -2.36. The third kappa shape index (κ3) is 3.16. The Kier molecular flexibility index (Phi) is 3.98. The molecule has 1 aliphatic carbocycles. The number of terminal acetylenes is 1. The number of carboxylic acid groups (broad SMARTS) is 1. The van der Waals surface area contributed by atoms with Crippen LogP contribution in [0.1, 0.15) is 34.8 Å². The number of carboxylic acids is 1. The van der Waals surface area contributed by atoms with Gasteiger partial charge in [0.15, 0.2) is 0 Å². The Morgan fingerprint density at radius 2 is 2.09 bits per heavy atom. The first kappa shape index (κ1) is 15.0. The predicted molar refractivity (Wildman–Crippen MR) is 86.1 cm³/mol. The molecule has 1 heterocycles. The van der Waals surface area contributed by atoms with Crippen LogP contribution in [0.4, 0.5) is 0 Å². The van der Waals surface area contributed by atoms with Crippen molar-refractivity contribution in [3.63, 3.8) is 0 Å². The van der Waals surface area contributed by atoms with E-state index in [4.69, 9.17) is 11.5 Å². The fraction of sp³-hybridized carbons (Fsp3) is 0.278. The molecule has 1 N–H and O–H groups in total. The fourth-order valence-electron chi connectivity index (χ4n) is 2.60. The van der Waals surface area contributed by atoms with Gasteiger partial charge in [-0.1, -0.05) is 24.1 Å². The third-order valence-electron chi connectivity index (χ3n) is 3.86. The topological polar surface area (TPSA) is 70.5 Å². The minimum Gasteiger partial charge on any atom is -0.480 e. The van der Waals surface area contributed by atoms with Gasteiger partial charge in [-0.15, -0.1) is 6.42 Å². The zero-order chi connectivity index (χ0) is 16.4. The van der Waals surface area contributed by atoms with Crippen molar-refractivity contribution in [3.05, 3.63) is 41.6 Å². The Bertz CT molecular complexity index is 819. The summed E-state index contributed by atoms with van der Waals surface area (Å²) in [6.07, 6.45) is 7.42. The van der Waals surface area contributed by atoms with Gasteiger partial charge in [0.2, 0.25) is 0 Å². The second kappa shape index (κ2) is 6.09. The molecule has 116 valence electrons. The van der Waals surface area contributed by atoms with E-state index in [-0.39, 0.29) is 12.5 Å². The molecule has 2 aromatic rings. The molecule has 5 heteroatoms. The number of carbonyl (C=O) groups is 2. The molecule has 0 bridgehead atoms. The first-order valence-corrected chi connectivity index (χ1v) is 7.44. The summed E-state index contributed by atoms with van der Waals surface area (Å²) in [4.78, 5) is 29.6. The van der Waals surface area contributed by atoms with Gasteiger partial charge in [-0.3, -0.25) is 14.6 Å². The van der Waals surface area contributed by atoms with Crippen LogP contribution < -0.4 is 0 Å². The van der Waals surface area contributed by atoms with Crippen LogP contribution in [0.25, 0.3) is 10.9 Å². The summed E-state index contributed by atoms with van der Waals surface area (Å²) in [5.41, 5.74) is 2.10. The van der Waals surface area contributed by atoms with Gasteiger partial charge in [-0.25, -0.2) is 0 Å². The number of benzene rings is 1. The first-order chi connectivity index (χ1) is 11.1. The monoisotopic (exact) mass is 308 g/mol. The van der Waals surface area contributed by atoms with Crippen molar-refractivity contribution in [3.8, 4) is 12.3 Å². The molecule has 23 heavy (non-hydrogen) atoms. The second-order valence-corrected chi connectivity index (χ2v) is 5.65. The molecule has 1 fully saturated rings. The standard InChI is InChI=1S/C18H16N2O3/c1-2-9-20(11-17(21)22)18(23)14-10-16(12-7-8-12)19-15-6-4-3-5-13(14)15/h1,3-6,10,12H,7-9,11H2,(H,21,22). The second-order valence-electron chi connectivity index (χ2n) is 5.65. The van der Waals surface area contributed by atoms with Crippen LogP contribution in [-0.4, -0.2) is 40.0 Å². The van der Waals surface area contributed by atoms with E-state index in [0.29, 0.717) is 16.9 Å². The van der Waals surface area contributed by atoms with Crippen LogP contribution in [0, 0.1) is 12.3 Å². The van der Waals surface area contributed by atoms with E-state index in [1.807, 2.05) is 24.3 Å². The summed E-state index contributed by atoms with van der Waals surface area (Å²) in [5.74, 6) is 1.28. The maximum atomic E-state index is 12.8. The van der Waals surface area contributed by atoms with Crippen LogP contribution in [0.3, 0.4) is 0 Å². The van der Waals surface area contributed by atoms with E-state index in [0.717, 1.165) is 24.1 Å². The highest BCUT2D eigenvalue weighted by molar-refractivity contribution is 6.07. The van der Waals surface area contributed by atoms with Crippen molar-refractivity contribution in [2.75, 3.05) is 13.1 Å². The first-order valence-electron chi connectivity index (χ1n) is 7.44. The Morgan fingerprint density at radius 3 is 2.74 bits per heavy atom. The summed E-state index contributed by atoms with van der Waals surface area (Å²) in [7, 11) is 0. The molecule has 1 aromatic carbocycles. The summed E-state index contributed by atoms with van der Waals surface area (Å²) in [5, 5.41) is 9.71. The SMILES string of the molecule is C#CCN(CC(=O)O)C(=O)c1cc(C2CC2)nc2ccccc12. The van der Waals surface area contributed by atoms with E-state index >= 15 is 0 Å². The molecule has 0 aliphatic heterocycles. The normalized spacial score (nSPS) is 13.5. The van der Waals surface area contributed by atoms with E-state index < -0.39 is 12.5 Å². The Labute approximate surface area is 133 Å². The number of hydrogen-bond donors (Lipinski definition) is 1. The van der Waals surface area contributed by atoms with Crippen LogP contribution in [0.2, 0.25) is 0 Å². The number of aliphatic carboxylic acids is 1. The van der Waals surface area contributed by atoms with Gasteiger partial charge in [-0.2, -0.15) is 0 Å². The van der Waals surface area contributed by atoms with E-state index in [1.54, 1.807) is 6.07 Å². The van der Waals surface area contributed by atoms with Gasteiger partial charge in [0.25, 0.3) is 5.91 Å². The van der Waals surface area contributed by atoms with Gasteiger partial charge in [0.1, 0.15) is 6.54 Å².